The summed E-state index contributed by atoms with van der Waals surface area (Å²) in [6.45, 7) is 3.61. The molecule has 0 fully saturated rings. The predicted molar refractivity (Wildman–Crippen MR) is 91.5 cm³/mol. The molecular formula is C17H13F7N2S. The second-order valence-corrected chi connectivity index (χ2v) is 6.38. The van der Waals surface area contributed by atoms with Crippen molar-refractivity contribution in [3.05, 3.63) is 54.6 Å². The van der Waals surface area contributed by atoms with Crippen LogP contribution in [-0.2, 0) is 0 Å². The molecule has 1 N–H and O–H groups in total. The molecule has 0 saturated carbocycles. The second kappa shape index (κ2) is 7.79. The molecule has 0 aliphatic carbocycles. The van der Waals surface area contributed by atoms with Crippen molar-refractivity contribution in [2.45, 2.75) is 23.0 Å². The highest BCUT2D eigenvalue weighted by Gasteiger charge is 2.73. The Morgan fingerprint density at radius 2 is 1.59 bits per heavy atom. The van der Waals surface area contributed by atoms with Crippen molar-refractivity contribution in [3.8, 4) is 0 Å². The van der Waals surface area contributed by atoms with E-state index in [9.17, 15) is 30.7 Å². The van der Waals surface area contributed by atoms with Gasteiger partial charge in [-0.05, 0) is 16.8 Å². The Balaban J connectivity index is 2.30. The summed E-state index contributed by atoms with van der Waals surface area (Å²) in [6, 6.07) is 4.39. The Kier molecular flexibility index (Phi) is 6.08. The molecule has 0 amide bonds. The minimum absolute atomic E-state index is 0.271. The third-order valence-electron chi connectivity index (χ3n) is 3.43. The molecule has 2 aromatic rings. The van der Waals surface area contributed by atoms with Crippen LogP contribution in [0.3, 0.4) is 0 Å². The number of hydrazone groups is 1. The summed E-state index contributed by atoms with van der Waals surface area (Å²) < 4.78 is 88.4. The molecule has 0 aliphatic rings. The van der Waals surface area contributed by atoms with Gasteiger partial charge in [-0.3, -0.25) is 0 Å². The Morgan fingerprint density at radius 1 is 0.963 bits per heavy atom. The van der Waals surface area contributed by atoms with Crippen molar-refractivity contribution in [2.24, 2.45) is 5.10 Å². The Hall–Kier alpha value is -2.23. The molecule has 2 nitrogen and oxygen atoms in total. The number of hydrogen-bond donors (Lipinski definition) is 1. The summed E-state index contributed by atoms with van der Waals surface area (Å²) in [6.07, 6.45) is -3.96. The minimum Gasteiger partial charge on any atom is -0.242 e. The molecule has 0 unspecified atom stereocenters. The van der Waals surface area contributed by atoms with Crippen LogP contribution in [0.2, 0.25) is 0 Å². The van der Waals surface area contributed by atoms with Gasteiger partial charge in [0.25, 0.3) is 0 Å². The Morgan fingerprint density at radius 3 is 2.19 bits per heavy atom. The Bertz CT molecular complexity index is 847. The van der Waals surface area contributed by atoms with E-state index < -0.39 is 18.1 Å². The SMILES string of the molecule is C=CCSc1ccc(/C=N/NC(F)(F)C(F)(F)C(F)(F)F)c2ccccc12. The molecule has 0 spiro atoms. The number of nitrogens with zero attached hydrogens (tertiary/aromatic N) is 1. The van der Waals surface area contributed by atoms with E-state index in [1.807, 2.05) is 0 Å². The van der Waals surface area contributed by atoms with Crippen LogP contribution in [-0.4, -0.2) is 30.1 Å². The second-order valence-electron chi connectivity index (χ2n) is 5.31. The zero-order valence-corrected chi connectivity index (χ0v) is 14.4. The van der Waals surface area contributed by atoms with Crippen LogP contribution in [0.4, 0.5) is 30.7 Å². The van der Waals surface area contributed by atoms with Crippen LogP contribution < -0.4 is 5.43 Å². The average Bonchev–Trinajstić information content (AvgIpc) is 2.59. The van der Waals surface area contributed by atoms with Gasteiger partial charge in [0.05, 0.1) is 6.21 Å². The lowest BCUT2D eigenvalue weighted by molar-refractivity contribution is -0.361. The molecule has 10 heteroatoms. The first-order valence-corrected chi connectivity index (χ1v) is 8.38. The predicted octanol–water partition coefficient (Wildman–Crippen LogP) is 5.83. The maximum absolute atomic E-state index is 13.2. The highest BCUT2D eigenvalue weighted by molar-refractivity contribution is 7.99. The van der Waals surface area contributed by atoms with Crippen molar-refractivity contribution < 1.29 is 30.7 Å². The third kappa shape index (κ3) is 4.37. The third-order valence-corrected chi connectivity index (χ3v) is 4.50. The van der Waals surface area contributed by atoms with Crippen molar-refractivity contribution in [1.29, 1.82) is 0 Å². The molecule has 0 saturated heterocycles. The van der Waals surface area contributed by atoms with E-state index in [1.54, 1.807) is 36.4 Å². The quantitative estimate of drug-likeness (QED) is 0.155. The first-order chi connectivity index (χ1) is 12.5. The van der Waals surface area contributed by atoms with Crippen molar-refractivity contribution in [2.75, 3.05) is 5.75 Å². The summed E-state index contributed by atoms with van der Waals surface area (Å²) in [4.78, 5) is 0.865. The zero-order valence-electron chi connectivity index (χ0n) is 13.5. The smallest absolute Gasteiger partial charge is 0.242 e. The molecule has 0 aromatic heterocycles. The van der Waals surface area contributed by atoms with Gasteiger partial charge in [0.1, 0.15) is 0 Å². The van der Waals surface area contributed by atoms with Crippen molar-refractivity contribution in [1.82, 2.24) is 5.43 Å². The summed E-state index contributed by atoms with van der Waals surface area (Å²) in [5.74, 6) is -5.65. The van der Waals surface area contributed by atoms with Gasteiger partial charge in [-0.1, -0.05) is 36.4 Å². The molecule has 2 rings (SSSR count). The number of fused-ring (bicyclic) bond motifs is 1. The fourth-order valence-electron chi connectivity index (χ4n) is 2.11. The van der Waals surface area contributed by atoms with Crippen LogP contribution in [0.5, 0.6) is 0 Å². The van der Waals surface area contributed by atoms with E-state index in [2.05, 4.69) is 11.7 Å². The molecule has 0 radical (unpaired) electrons. The monoisotopic (exact) mass is 410 g/mol. The fraction of sp³-hybridized carbons (Fsp3) is 0.235. The van der Waals surface area contributed by atoms with Crippen LogP contribution in [0.25, 0.3) is 10.8 Å². The number of alkyl halides is 7. The number of rotatable bonds is 7. The van der Waals surface area contributed by atoms with E-state index >= 15 is 0 Å². The van der Waals surface area contributed by atoms with Crippen molar-refractivity contribution in [3.63, 3.8) is 0 Å². The highest BCUT2D eigenvalue weighted by atomic mass is 32.2. The maximum Gasteiger partial charge on any atom is 0.462 e. The standard InChI is InChI=1S/C17H13F7N2S/c1-2-9-27-14-8-7-11(12-5-3-4-6-13(12)14)10-25-26-17(23,24)15(18,19)16(20,21)22/h2-8,10,26H,1,9H2/b25-10+. The lowest BCUT2D eigenvalue weighted by Gasteiger charge is -2.27. The van der Waals surface area contributed by atoms with Crippen LogP contribution >= 0.6 is 11.8 Å². The van der Waals surface area contributed by atoms with Gasteiger partial charge in [-0.15, -0.1) is 18.3 Å². The molecule has 0 heterocycles. The molecule has 0 bridgehead atoms. The molecule has 2 aromatic carbocycles. The molecule has 27 heavy (non-hydrogen) atoms. The Labute approximate surface area is 154 Å². The number of nitrogens with one attached hydrogen (secondary N) is 1. The molecule has 0 atom stereocenters. The van der Waals surface area contributed by atoms with E-state index in [-0.39, 0.29) is 5.56 Å². The van der Waals surface area contributed by atoms with E-state index in [1.165, 1.54) is 17.8 Å². The van der Waals surface area contributed by atoms with E-state index in [0.29, 0.717) is 16.6 Å². The topological polar surface area (TPSA) is 24.4 Å². The van der Waals surface area contributed by atoms with Gasteiger partial charge in [0, 0.05) is 16.2 Å². The summed E-state index contributed by atoms with van der Waals surface area (Å²) in [5.41, 5.74) is 0.886. The first kappa shape index (κ1) is 21.1. The number of halogens is 7. The molecule has 0 aliphatic heterocycles. The van der Waals surface area contributed by atoms with Gasteiger partial charge < -0.3 is 0 Å². The van der Waals surface area contributed by atoms with E-state index in [4.69, 9.17) is 0 Å². The largest absolute Gasteiger partial charge is 0.462 e. The average molecular weight is 410 g/mol. The maximum atomic E-state index is 13.2. The normalized spacial score (nSPS) is 13.3. The van der Waals surface area contributed by atoms with Gasteiger partial charge >= 0.3 is 18.1 Å². The number of benzene rings is 2. The van der Waals surface area contributed by atoms with Gasteiger partial charge in [0.2, 0.25) is 0 Å². The van der Waals surface area contributed by atoms with Crippen molar-refractivity contribution >= 4 is 28.7 Å². The van der Waals surface area contributed by atoms with Gasteiger partial charge in [-0.25, -0.2) is 5.43 Å². The highest BCUT2D eigenvalue weighted by Crippen LogP contribution is 2.45. The van der Waals surface area contributed by atoms with Crippen LogP contribution in [0.15, 0.2) is 59.1 Å². The zero-order chi connectivity index (χ0) is 20.3. The lowest BCUT2D eigenvalue weighted by atomic mass is 10.1. The van der Waals surface area contributed by atoms with Gasteiger partial charge in [-0.2, -0.15) is 35.8 Å². The lowest BCUT2D eigenvalue weighted by Crippen LogP contribution is -2.58. The van der Waals surface area contributed by atoms with E-state index in [0.717, 1.165) is 16.5 Å². The summed E-state index contributed by atoms with van der Waals surface area (Å²) in [5, 5.41) is 4.23. The number of hydrogen-bond acceptors (Lipinski definition) is 3. The molecule has 146 valence electrons. The summed E-state index contributed by atoms with van der Waals surface area (Å²) >= 11 is 1.47. The molecular weight excluding hydrogens is 397 g/mol. The van der Waals surface area contributed by atoms with Crippen LogP contribution in [0, 0.1) is 0 Å². The number of thioether (sulfide) groups is 1. The fourth-order valence-corrected chi connectivity index (χ4v) is 2.91. The first-order valence-electron chi connectivity index (χ1n) is 7.39. The summed E-state index contributed by atoms with van der Waals surface area (Å²) in [7, 11) is 0. The van der Waals surface area contributed by atoms with Gasteiger partial charge in [0.15, 0.2) is 0 Å². The minimum atomic E-state index is -6.42. The van der Waals surface area contributed by atoms with Crippen LogP contribution in [0.1, 0.15) is 5.56 Å².